The van der Waals surface area contributed by atoms with Gasteiger partial charge in [-0.05, 0) is 24.8 Å². The van der Waals surface area contributed by atoms with Crippen LogP contribution in [0.2, 0.25) is 0 Å². The van der Waals surface area contributed by atoms with Crippen molar-refractivity contribution in [2.24, 2.45) is 0 Å². The molecule has 0 fully saturated rings. The van der Waals surface area contributed by atoms with E-state index in [0.717, 1.165) is 37.8 Å². The lowest BCUT2D eigenvalue weighted by molar-refractivity contribution is 0.0973. The molecule has 1 heterocycles. The molecule has 78 valence electrons. The molecule has 1 aliphatic rings. The van der Waals surface area contributed by atoms with Gasteiger partial charge in [0.1, 0.15) is 0 Å². The second-order valence-corrected chi connectivity index (χ2v) is 4.02. The number of aryl methyl sites for hydroxylation is 2. The molecular formula is C13H15NO. The molecular weight excluding hydrogens is 186 g/mol. The smallest absolute Gasteiger partial charge is 0.164 e. The zero-order chi connectivity index (χ0) is 10.7. The first kappa shape index (κ1) is 10.0. The second kappa shape index (κ2) is 4.35. The number of hydrogen-bond donors (Lipinski definition) is 0. The summed E-state index contributed by atoms with van der Waals surface area (Å²) in [5, 5.41) is 0. The van der Waals surface area contributed by atoms with Crippen molar-refractivity contribution < 1.29 is 4.79 Å². The fraction of sp³-hybridized carbons (Fsp3) is 0.462. The Balaban J connectivity index is 2.09. The molecule has 0 aliphatic heterocycles. The molecule has 0 N–H and O–H groups in total. The van der Waals surface area contributed by atoms with E-state index in [1.807, 2.05) is 6.20 Å². The van der Waals surface area contributed by atoms with Crippen LogP contribution < -0.4 is 0 Å². The molecule has 0 saturated carbocycles. The molecule has 1 aliphatic carbocycles. The summed E-state index contributed by atoms with van der Waals surface area (Å²) in [6.45, 7) is 0.921. The van der Waals surface area contributed by atoms with Crippen molar-refractivity contribution in [2.75, 3.05) is 0 Å². The molecule has 2 nitrogen and oxygen atoms in total. The Bertz CT molecular complexity index is 409. The van der Waals surface area contributed by atoms with Crippen LogP contribution in [0, 0.1) is 12.3 Å². The van der Waals surface area contributed by atoms with Gasteiger partial charge in [0.05, 0.1) is 0 Å². The first-order valence-electron chi connectivity index (χ1n) is 5.46. The van der Waals surface area contributed by atoms with Gasteiger partial charge in [0.2, 0.25) is 0 Å². The van der Waals surface area contributed by atoms with Crippen LogP contribution in [0.25, 0.3) is 0 Å². The van der Waals surface area contributed by atoms with Crippen molar-refractivity contribution in [1.82, 2.24) is 4.57 Å². The number of terminal acetylenes is 1. The lowest BCUT2D eigenvalue weighted by atomic mass is 9.95. The number of fused-ring (bicyclic) bond motifs is 1. The molecule has 1 aromatic heterocycles. The van der Waals surface area contributed by atoms with Crippen molar-refractivity contribution in [3.05, 3.63) is 23.5 Å². The van der Waals surface area contributed by atoms with Gasteiger partial charge in [0.25, 0.3) is 0 Å². The van der Waals surface area contributed by atoms with Crippen LogP contribution in [0.15, 0.2) is 12.4 Å². The Morgan fingerprint density at radius 1 is 1.40 bits per heavy atom. The van der Waals surface area contributed by atoms with E-state index < -0.39 is 0 Å². The van der Waals surface area contributed by atoms with E-state index in [1.165, 1.54) is 5.56 Å². The number of carbonyl (C=O) groups excluding carboxylic acids is 1. The number of hydrogen-bond acceptors (Lipinski definition) is 1. The molecule has 0 saturated heterocycles. The van der Waals surface area contributed by atoms with Crippen LogP contribution in [0.5, 0.6) is 0 Å². The Hall–Kier alpha value is -1.49. The van der Waals surface area contributed by atoms with Gasteiger partial charge in [-0.25, -0.2) is 0 Å². The normalized spacial score (nSPS) is 14.7. The Morgan fingerprint density at radius 2 is 2.27 bits per heavy atom. The zero-order valence-electron chi connectivity index (χ0n) is 8.83. The standard InChI is InChI=1S/C13H15NO/c1-2-3-4-8-14-9-11-6-5-7-13(15)12(11)10-14/h1,9-10H,3-8H2. The third kappa shape index (κ3) is 2.12. The van der Waals surface area contributed by atoms with E-state index in [4.69, 9.17) is 6.42 Å². The van der Waals surface area contributed by atoms with Crippen molar-refractivity contribution in [2.45, 2.75) is 38.6 Å². The van der Waals surface area contributed by atoms with Gasteiger partial charge in [-0.1, -0.05) is 0 Å². The van der Waals surface area contributed by atoms with E-state index in [9.17, 15) is 4.79 Å². The maximum absolute atomic E-state index is 11.6. The number of nitrogens with zero attached hydrogens (tertiary/aromatic N) is 1. The van der Waals surface area contributed by atoms with E-state index in [0.29, 0.717) is 12.2 Å². The molecule has 1 aromatic rings. The molecule has 15 heavy (non-hydrogen) atoms. The van der Waals surface area contributed by atoms with Gasteiger partial charge in [-0.3, -0.25) is 4.79 Å². The highest BCUT2D eigenvalue weighted by Crippen LogP contribution is 2.22. The number of Topliss-reactive ketones (excluding diaryl/α,β-unsaturated/α-hetero) is 1. The molecule has 0 aromatic carbocycles. The fourth-order valence-electron chi connectivity index (χ4n) is 2.07. The van der Waals surface area contributed by atoms with Crippen molar-refractivity contribution in [3.8, 4) is 12.3 Å². The number of carbonyl (C=O) groups is 1. The monoisotopic (exact) mass is 201 g/mol. The van der Waals surface area contributed by atoms with Crippen LogP contribution in [0.4, 0.5) is 0 Å². The SMILES string of the molecule is C#CCCCn1cc2c(c1)C(=O)CCC2. The minimum Gasteiger partial charge on any atom is -0.353 e. The number of ketones is 1. The van der Waals surface area contributed by atoms with E-state index >= 15 is 0 Å². The first-order valence-corrected chi connectivity index (χ1v) is 5.46. The van der Waals surface area contributed by atoms with Gasteiger partial charge >= 0.3 is 0 Å². The van der Waals surface area contributed by atoms with E-state index in [-0.39, 0.29) is 0 Å². The molecule has 0 unspecified atom stereocenters. The van der Waals surface area contributed by atoms with Crippen LogP contribution in [-0.4, -0.2) is 10.4 Å². The third-order valence-electron chi connectivity index (χ3n) is 2.85. The average molecular weight is 201 g/mol. The quantitative estimate of drug-likeness (QED) is 0.543. The van der Waals surface area contributed by atoms with E-state index in [1.54, 1.807) is 0 Å². The predicted molar refractivity (Wildman–Crippen MR) is 59.8 cm³/mol. The van der Waals surface area contributed by atoms with Gasteiger partial charge in [0.15, 0.2) is 5.78 Å². The van der Waals surface area contributed by atoms with Crippen molar-refractivity contribution >= 4 is 5.78 Å². The highest BCUT2D eigenvalue weighted by Gasteiger charge is 2.18. The Morgan fingerprint density at radius 3 is 3.00 bits per heavy atom. The van der Waals surface area contributed by atoms with Crippen LogP contribution in [-0.2, 0) is 13.0 Å². The Labute approximate surface area is 90.3 Å². The third-order valence-corrected chi connectivity index (χ3v) is 2.85. The van der Waals surface area contributed by atoms with Crippen LogP contribution in [0.3, 0.4) is 0 Å². The summed E-state index contributed by atoms with van der Waals surface area (Å²) in [4.78, 5) is 11.6. The van der Waals surface area contributed by atoms with Crippen LogP contribution >= 0.6 is 0 Å². The molecule has 0 radical (unpaired) electrons. The van der Waals surface area contributed by atoms with E-state index in [2.05, 4.69) is 16.7 Å². The Kier molecular flexibility index (Phi) is 2.91. The molecule has 0 amide bonds. The molecule has 0 bridgehead atoms. The number of rotatable bonds is 3. The second-order valence-electron chi connectivity index (χ2n) is 4.02. The molecule has 2 heteroatoms. The van der Waals surface area contributed by atoms with Crippen molar-refractivity contribution in [1.29, 1.82) is 0 Å². The number of unbranched alkanes of at least 4 members (excludes halogenated alkanes) is 1. The fourth-order valence-corrected chi connectivity index (χ4v) is 2.07. The maximum Gasteiger partial charge on any atom is 0.164 e. The largest absolute Gasteiger partial charge is 0.353 e. The minimum atomic E-state index is 0.298. The topological polar surface area (TPSA) is 22.0 Å². The van der Waals surface area contributed by atoms with Gasteiger partial charge in [-0.15, -0.1) is 12.3 Å². The molecule has 0 atom stereocenters. The highest BCUT2D eigenvalue weighted by molar-refractivity contribution is 5.98. The minimum absolute atomic E-state index is 0.298. The lowest BCUT2D eigenvalue weighted by Crippen LogP contribution is -2.07. The first-order chi connectivity index (χ1) is 7.31. The molecule has 0 spiro atoms. The summed E-state index contributed by atoms with van der Waals surface area (Å²) in [5.41, 5.74) is 2.15. The lowest BCUT2D eigenvalue weighted by Gasteiger charge is -2.07. The summed E-state index contributed by atoms with van der Waals surface area (Å²) < 4.78 is 2.10. The highest BCUT2D eigenvalue weighted by atomic mass is 16.1. The maximum atomic E-state index is 11.6. The summed E-state index contributed by atoms with van der Waals surface area (Å²) in [6, 6.07) is 0. The summed E-state index contributed by atoms with van der Waals surface area (Å²) in [7, 11) is 0. The predicted octanol–water partition coefficient (Wildman–Crippen LogP) is 2.42. The zero-order valence-corrected chi connectivity index (χ0v) is 8.83. The molecule has 2 rings (SSSR count). The summed E-state index contributed by atoms with van der Waals surface area (Å²) in [6.07, 6.45) is 13.8. The van der Waals surface area contributed by atoms with Gasteiger partial charge in [0, 0.05) is 37.3 Å². The van der Waals surface area contributed by atoms with Crippen molar-refractivity contribution in [3.63, 3.8) is 0 Å². The number of aromatic nitrogens is 1. The summed E-state index contributed by atoms with van der Waals surface area (Å²) in [5.74, 6) is 2.93. The summed E-state index contributed by atoms with van der Waals surface area (Å²) >= 11 is 0. The van der Waals surface area contributed by atoms with Crippen LogP contribution in [0.1, 0.15) is 41.6 Å². The van der Waals surface area contributed by atoms with Gasteiger partial charge < -0.3 is 4.57 Å². The average Bonchev–Trinajstić information content (AvgIpc) is 2.63. The van der Waals surface area contributed by atoms with Gasteiger partial charge in [-0.2, -0.15) is 0 Å².